The Kier molecular flexibility index (Phi) is 4.96. The minimum atomic E-state index is -1.10. The van der Waals surface area contributed by atoms with Crippen LogP contribution >= 0.6 is 23.5 Å². The van der Waals surface area contributed by atoms with Crippen LogP contribution < -0.4 is 5.32 Å². The predicted octanol–water partition coefficient (Wildman–Crippen LogP) is 1.45. The van der Waals surface area contributed by atoms with Gasteiger partial charge in [0.2, 0.25) is 5.91 Å². The Labute approximate surface area is 136 Å². The Hall–Kier alpha value is -1.35. The van der Waals surface area contributed by atoms with Gasteiger partial charge in [0.05, 0.1) is 11.9 Å². The second kappa shape index (κ2) is 6.41. The topological polar surface area (TPSA) is 95.9 Å². The van der Waals surface area contributed by atoms with E-state index in [1.807, 2.05) is 0 Å². The molecule has 0 bridgehead atoms. The maximum atomic E-state index is 12.1. The van der Waals surface area contributed by atoms with Crippen LogP contribution in [0.15, 0.2) is 11.1 Å². The third-order valence-corrected chi connectivity index (χ3v) is 5.09. The molecule has 2 aliphatic heterocycles. The maximum absolute atomic E-state index is 12.1. The number of nitrogens with one attached hydrogen (secondary N) is 1. The summed E-state index contributed by atoms with van der Waals surface area (Å²) in [5, 5.41) is 12.8. The van der Waals surface area contributed by atoms with E-state index in [0.717, 1.165) is 0 Å². The number of carboxylic acids is 1. The van der Waals surface area contributed by atoms with Crippen LogP contribution in [0.3, 0.4) is 0 Å². The molecule has 22 heavy (non-hydrogen) atoms. The summed E-state index contributed by atoms with van der Waals surface area (Å²) in [5.74, 6) is -0.421. The number of rotatable bonds is 4. The van der Waals surface area contributed by atoms with E-state index in [2.05, 4.69) is 5.32 Å². The zero-order valence-electron chi connectivity index (χ0n) is 12.5. The summed E-state index contributed by atoms with van der Waals surface area (Å²) in [4.78, 5) is 36.0. The molecule has 0 radical (unpaired) electrons. The number of β-lactam (4-membered cyclic amide) rings is 1. The molecule has 2 N–H and O–H groups in total. The average molecular weight is 346 g/mol. The molecule has 2 amide bonds. The van der Waals surface area contributed by atoms with E-state index in [4.69, 9.17) is 9.84 Å². The molecule has 2 aliphatic rings. The van der Waals surface area contributed by atoms with Crippen molar-refractivity contribution < 1.29 is 24.2 Å². The smallest absolute Gasteiger partial charge is 0.408 e. The van der Waals surface area contributed by atoms with E-state index < -0.39 is 17.7 Å². The number of ether oxygens (including phenoxy) is 1. The van der Waals surface area contributed by atoms with Crippen molar-refractivity contribution in [2.24, 2.45) is 0 Å². The molecule has 2 heterocycles. The molecule has 0 aromatic heterocycles. The van der Waals surface area contributed by atoms with E-state index in [1.54, 1.807) is 20.8 Å². The molecule has 0 aromatic rings. The molecule has 2 rings (SSSR count). The fourth-order valence-corrected chi connectivity index (χ4v) is 4.31. The lowest BCUT2D eigenvalue weighted by Gasteiger charge is -2.48. The fourth-order valence-electron chi connectivity index (χ4n) is 2.10. The van der Waals surface area contributed by atoms with Crippen LogP contribution in [0.1, 0.15) is 20.8 Å². The van der Waals surface area contributed by atoms with Gasteiger partial charge in [-0.3, -0.25) is 9.69 Å². The van der Waals surface area contributed by atoms with Crippen molar-refractivity contribution >= 4 is 41.5 Å². The normalized spacial score (nSPS) is 24.0. The highest BCUT2D eigenvalue weighted by Crippen LogP contribution is 2.39. The number of nitrogens with zero attached hydrogens (tertiary/aromatic N) is 1. The van der Waals surface area contributed by atoms with Gasteiger partial charge in [0.15, 0.2) is 0 Å². The zero-order chi connectivity index (χ0) is 16.5. The van der Waals surface area contributed by atoms with Crippen LogP contribution in [0.5, 0.6) is 0 Å². The number of hydrogen-bond donors (Lipinski definition) is 2. The number of thioether (sulfide) groups is 2. The van der Waals surface area contributed by atoms with Crippen molar-refractivity contribution in [2.45, 2.75) is 37.7 Å². The van der Waals surface area contributed by atoms with Gasteiger partial charge in [-0.05, 0) is 20.8 Å². The lowest BCUT2D eigenvalue weighted by molar-refractivity contribution is -0.147. The summed E-state index contributed by atoms with van der Waals surface area (Å²) in [6.07, 6.45) is -0.534. The van der Waals surface area contributed by atoms with Crippen molar-refractivity contribution in [1.29, 1.82) is 0 Å². The van der Waals surface area contributed by atoms with Crippen LogP contribution in [-0.2, 0) is 14.3 Å². The quantitative estimate of drug-likeness (QED) is 0.587. The van der Waals surface area contributed by atoms with Gasteiger partial charge in [-0.25, -0.2) is 9.59 Å². The molecule has 1 fully saturated rings. The van der Waals surface area contributed by atoms with Crippen LogP contribution in [0, 0.1) is 0 Å². The Balaban J connectivity index is 1.82. The Morgan fingerprint density at radius 2 is 2.23 bits per heavy atom. The van der Waals surface area contributed by atoms with Crippen LogP contribution in [0.2, 0.25) is 0 Å². The monoisotopic (exact) mass is 346 g/mol. The Morgan fingerprint density at radius 3 is 2.82 bits per heavy atom. The number of carbonyl (C=O) groups is 3. The average Bonchev–Trinajstić information content (AvgIpc) is 2.40. The molecule has 2 atom stereocenters. The molecule has 1 saturated heterocycles. The SMILES string of the molecule is CC(C)(C)OC(=O)NCSC1C(=O)N2C(C(=O)O)=CSCC12. The molecule has 2 unspecified atom stereocenters. The summed E-state index contributed by atoms with van der Waals surface area (Å²) in [5.41, 5.74) is -0.540. The minimum absolute atomic E-state index is 0.0307. The summed E-state index contributed by atoms with van der Waals surface area (Å²) < 4.78 is 5.10. The Morgan fingerprint density at radius 1 is 1.55 bits per heavy atom. The van der Waals surface area contributed by atoms with E-state index >= 15 is 0 Å². The highest BCUT2D eigenvalue weighted by atomic mass is 32.2. The van der Waals surface area contributed by atoms with E-state index in [-0.39, 0.29) is 28.8 Å². The molecular weight excluding hydrogens is 328 g/mol. The van der Waals surface area contributed by atoms with Crippen molar-refractivity contribution in [1.82, 2.24) is 10.2 Å². The fraction of sp³-hybridized carbons (Fsp3) is 0.615. The predicted molar refractivity (Wildman–Crippen MR) is 84.4 cm³/mol. The largest absolute Gasteiger partial charge is 0.477 e. The zero-order valence-corrected chi connectivity index (χ0v) is 14.1. The molecule has 0 saturated carbocycles. The molecular formula is C13H18N2O5S2. The number of carbonyl (C=O) groups excluding carboxylic acids is 2. The van der Waals surface area contributed by atoms with Gasteiger partial charge >= 0.3 is 12.1 Å². The van der Waals surface area contributed by atoms with Crippen molar-refractivity contribution in [3.8, 4) is 0 Å². The van der Waals surface area contributed by atoms with Gasteiger partial charge < -0.3 is 15.2 Å². The molecule has 122 valence electrons. The van der Waals surface area contributed by atoms with Crippen LogP contribution in [-0.4, -0.2) is 56.5 Å². The van der Waals surface area contributed by atoms with Crippen molar-refractivity contribution in [3.63, 3.8) is 0 Å². The van der Waals surface area contributed by atoms with Gasteiger partial charge in [-0.15, -0.1) is 23.5 Å². The molecule has 9 heteroatoms. The van der Waals surface area contributed by atoms with E-state index in [1.165, 1.54) is 33.8 Å². The van der Waals surface area contributed by atoms with Gasteiger partial charge in [0, 0.05) is 11.2 Å². The summed E-state index contributed by atoms with van der Waals surface area (Å²) in [7, 11) is 0. The van der Waals surface area contributed by atoms with Crippen LogP contribution in [0.25, 0.3) is 0 Å². The number of fused-ring (bicyclic) bond motifs is 1. The number of hydrogen-bond acceptors (Lipinski definition) is 6. The summed E-state index contributed by atoms with van der Waals surface area (Å²) >= 11 is 2.67. The minimum Gasteiger partial charge on any atom is -0.477 e. The highest BCUT2D eigenvalue weighted by Gasteiger charge is 2.51. The number of alkyl carbamates (subject to hydrolysis) is 1. The highest BCUT2D eigenvalue weighted by molar-refractivity contribution is 8.02. The molecule has 0 spiro atoms. The number of aliphatic carboxylic acids is 1. The summed E-state index contributed by atoms with van der Waals surface area (Å²) in [6.45, 7) is 5.31. The third kappa shape index (κ3) is 3.70. The lowest BCUT2D eigenvalue weighted by atomic mass is 10.0. The second-order valence-corrected chi connectivity index (χ2v) is 7.86. The second-order valence-electron chi connectivity index (χ2n) is 5.83. The van der Waals surface area contributed by atoms with Gasteiger partial charge in [-0.2, -0.15) is 0 Å². The molecule has 7 nitrogen and oxygen atoms in total. The van der Waals surface area contributed by atoms with Gasteiger partial charge in [0.1, 0.15) is 16.5 Å². The van der Waals surface area contributed by atoms with Gasteiger partial charge in [-0.1, -0.05) is 0 Å². The molecule has 0 aromatic carbocycles. The Bertz CT molecular complexity index is 529. The first-order valence-electron chi connectivity index (χ1n) is 6.67. The van der Waals surface area contributed by atoms with Crippen LogP contribution in [0.4, 0.5) is 4.79 Å². The molecule has 0 aliphatic carbocycles. The first-order valence-corrected chi connectivity index (χ1v) is 8.77. The van der Waals surface area contributed by atoms with Crippen molar-refractivity contribution in [2.75, 3.05) is 11.6 Å². The van der Waals surface area contributed by atoms with Crippen molar-refractivity contribution in [3.05, 3.63) is 11.1 Å². The van der Waals surface area contributed by atoms with E-state index in [9.17, 15) is 14.4 Å². The standard InChI is InChI=1S/C13H18N2O5S2/c1-13(2,3)20-12(19)14-6-22-9-7-4-21-5-8(11(17)18)15(7)10(9)16/h5,7,9H,4,6H2,1-3H3,(H,14,19)(H,17,18). The number of carboxylic acid groups (broad SMARTS) is 1. The van der Waals surface area contributed by atoms with E-state index in [0.29, 0.717) is 5.75 Å². The first kappa shape index (κ1) is 17.0. The maximum Gasteiger partial charge on any atom is 0.408 e. The number of amides is 2. The first-order chi connectivity index (χ1) is 10.2. The lowest BCUT2D eigenvalue weighted by Crippen LogP contribution is -2.65. The summed E-state index contributed by atoms with van der Waals surface area (Å²) in [6, 6.07) is -0.140. The van der Waals surface area contributed by atoms with Gasteiger partial charge in [0.25, 0.3) is 0 Å². The third-order valence-electron chi connectivity index (χ3n) is 2.98.